The van der Waals surface area contributed by atoms with E-state index in [9.17, 15) is 4.79 Å². The Bertz CT molecular complexity index is 491. The van der Waals surface area contributed by atoms with Crippen LogP contribution >= 0.6 is 0 Å². The molecule has 0 N–H and O–H groups in total. The van der Waals surface area contributed by atoms with Gasteiger partial charge in [0.1, 0.15) is 5.69 Å². The third-order valence-corrected chi connectivity index (χ3v) is 2.38. The van der Waals surface area contributed by atoms with E-state index in [-0.39, 0.29) is 5.97 Å². The molecule has 0 radical (unpaired) electrons. The summed E-state index contributed by atoms with van der Waals surface area (Å²) in [4.78, 5) is 11.6. The number of carbonyl (C=O) groups excluding carboxylic acids is 1. The maximum atomic E-state index is 11.6. The molecule has 0 fully saturated rings. The van der Waals surface area contributed by atoms with E-state index in [4.69, 9.17) is 4.74 Å². The summed E-state index contributed by atoms with van der Waals surface area (Å²) in [5.41, 5.74) is 1.58. The number of hydrogen-bond acceptors (Lipinski definition) is 3. The number of ether oxygens (including phenoxy) is 1. The highest BCUT2D eigenvalue weighted by Crippen LogP contribution is 2.06. The van der Waals surface area contributed by atoms with Crippen LogP contribution in [0.1, 0.15) is 23.0 Å². The third kappa shape index (κ3) is 2.72. The Morgan fingerprint density at radius 3 is 2.76 bits per heavy atom. The van der Waals surface area contributed by atoms with Gasteiger partial charge in [-0.2, -0.15) is 5.10 Å². The Kier molecular flexibility index (Phi) is 3.55. The predicted octanol–water partition coefficient (Wildman–Crippen LogP) is 2.11. The van der Waals surface area contributed by atoms with Crippen LogP contribution in [0.15, 0.2) is 42.6 Å². The first kappa shape index (κ1) is 11.4. The molecule has 0 atom stereocenters. The minimum absolute atomic E-state index is 0.332. The second kappa shape index (κ2) is 5.30. The maximum Gasteiger partial charge on any atom is 0.356 e. The molecule has 0 saturated heterocycles. The van der Waals surface area contributed by atoms with Gasteiger partial charge in [0.25, 0.3) is 0 Å². The van der Waals surface area contributed by atoms with Gasteiger partial charge >= 0.3 is 5.97 Å². The number of nitrogens with zero attached hydrogens (tertiary/aromatic N) is 2. The molecular formula is C13H14N2O2. The lowest BCUT2D eigenvalue weighted by Gasteiger charge is -2.06. The molecule has 1 heterocycles. The van der Waals surface area contributed by atoms with E-state index >= 15 is 0 Å². The Labute approximate surface area is 99.8 Å². The van der Waals surface area contributed by atoms with Gasteiger partial charge in [-0.3, -0.25) is 4.68 Å². The fourth-order valence-corrected chi connectivity index (χ4v) is 1.59. The summed E-state index contributed by atoms with van der Waals surface area (Å²) in [7, 11) is 0. The summed E-state index contributed by atoms with van der Waals surface area (Å²) in [5.74, 6) is -0.332. The van der Waals surface area contributed by atoms with Crippen LogP contribution < -0.4 is 0 Å². The predicted molar refractivity (Wildman–Crippen MR) is 63.7 cm³/mol. The van der Waals surface area contributed by atoms with Crippen molar-refractivity contribution in [1.29, 1.82) is 0 Å². The van der Waals surface area contributed by atoms with Crippen molar-refractivity contribution in [3.8, 4) is 0 Å². The zero-order valence-corrected chi connectivity index (χ0v) is 9.67. The first-order chi connectivity index (χ1) is 8.31. The molecule has 1 aromatic carbocycles. The Morgan fingerprint density at radius 1 is 1.29 bits per heavy atom. The molecule has 2 rings (SSSR count). The molecule has 0 spiro atoms. The second-order valence-electron chi connectivity index (χ2n) is 3.58. The molecule has 1 aromatic heterocycles. The van der Waals surface area contributed by atoms with Gasteiger partial charge in [-0.05, 0) is 18.6 Å². The number of benzene rings is 1. The number of carbonyl (C=O) groups is 1. The van der Waals surface area contributed by atoms with E-state index in [1.54, 1.807) is 23.9 Å². The van der Waals surface area contributed by atoms with Gasteiger partial charge < -0.3 is 4.74 Å². The van der Waals surface area contributed by atoms with Crippen LogP contribution in [0.4, 0.5) is 0 Å². The van der Waals surface area contributed by atoms with Crippen molar-refractivity contribution in [3.63, 3.8) is 0 Å². The number of aromatic nitrogens is 2. The van der Waals surface area contributed by atoms with E-state index in [1.165, 1.54) is 0 Å². The monoisotopic (exact) mass is 230 g/mol. The van der Waals surface area contributed by atoms with Gasteiger partial charge in [0.2, 0.25) is 0 Å². The van der Waals surface area contributed by atoms with Crippen molar-refractivity contribution in [3.05, 3.63) is 53.9 Å². The van der Waals surface area contributed by atoms with Crippen LogP contribution in [0.3, 0.4) is 0 Å². The molecule has 17 heavy (non-hydrogen) atoms. The summed E-state index contributed by atoms with van der Waals surface area (Å²) < 4.78 is 6.61. The van der Waals surface area contributed by atoms with Crippen molar-refractivity contribution < 1.29 is 9.53 Å². The third-order valence-electron chi connectivity index (χ3n) is 2.38. The topological polar surface area (TPSA) is 44.1 Å². The highest BCUT2D eigenvalue weighted by molar-refractivity contribution is 5.87. The smallest absolute Gasteiger partial charge is 0.356 e. The normalized spacial score (nSPS) is 10.2. The van der Waals surface area contributed by atoms with Gasteiger partial charge in [0.15, 0.2) is 0 Å². The van der Waals surface area contributed by atoms with E-state index in [2.05, 4.69) is 5.10 Å². The zero-order chi connectivity index (χ0) is 12.1. The summed E-state index contributed by atoms with van der Waals surface area (Å²) in [6.07, 6.45) is 1.61. The van der Waals surface area contributed by atoms with Gasteiger partial charge in [-0.1, -0.05) is 30.3 Å². The quantitative estimate of drug-likeness (QED) is 0.755. The van der Waals surface area contributed by atoms with Crippen molar-refractivity contribution >= 4 is 5.97 Å². The highest BCUT2D eigenvalue weighted by atomic mass is 16.5. The molecule has 2 aromatic rings. The molecule has 0 unspecified atom stereocenters. The van der Waals surface area contributed by atoms with Crippen molar-refractivity contribution in [2.24, 2.45) is 0 Å². The second-order valence-corrected chi connectivity index (χ2v) is 3.58. The lowest BCUT2D eigenvalue weighted by atomic mass is 10.2. The minimum Gasteiger partial charge on any atom is -0.461 e. The lowest BCUT2D eigenvalue weighted by molar-refractivity contribution is 0.0512. The highest BCUT2D eigenvalue weighted by Gasteiger charge is 2.12. The average molecular weight is 230 g/mol. The summed E-state index contributed by atoms with van der Waals surface area (Å²) in [5, 5.41) is 4.13. The van der Waals surface area contributed by atoms with Crippen molar-refractivity contribution in [1.82, 2.24) is 9.78 Å². The fourth-order valence-electron chi connectivity index (χ4n) is 1.59. The average Bonchev–Trinajstić information content (AvgIpc) is 2.79. The van der Waals surface area contributed by atoms with Crippen LogP contribution in [0.25, 0.3) is 0 Å². The number of esters is 1. The molecule has 4 nitrogen and oxygen atoms in total. The maximum absolute atomic E-state index is 11.6. The van der Waals surface area contributed by atoms with Gasteiger partial charge in [0, 0.05) is 6.20 Å². The summed E-state index contributed by atoms with van der Waals surface area (Å²) >= 11 is 0. The first-order valence-electron chi connectivity index (χ1n) is 5.54. The molecule has 0 aliphatic heterocycles. The summed E-state index contributed by atoms with van der Waals surface area (Å²) in [6, 6.07) is 11.5. The van der Waals surface area contributed by atoms with Crippen LogP contribution in [-0.2, 0) is 11.3 Å². The van der Waals surface area contributed by atoms with E-state index < -0.39 is 0 Å². The Morgan fingerprint density at radius 2 is 2.06 bits per heavy atom. The van der Waals surface area contributed by atoms with Crippen molar-refractivity contribution in [2.45, 2.75) is 13.5 Å². The molecule has 0 saturated carbocycles. The van der Waals surface area contributed by atoms with E-state index in [0.29, 0.717) is 18.8 Å². The molecule has 4 heteroatoms. The molecule has 0 aliphatic rings. The van der Waals surface area contributed by atoms with Crippen LogP contribution in [0, 0.1) is 0 Å². The van der Waals surface area contributed by atoms with Gasteiger partial charge in [0.05, 0.1) is 13.2 Å². The molecule has 0 bridgehead atoms. The summed E-state index contributed by atoms with van der Waals surface area (Å²) in [6.45, 7) is 2.73. The van der Waals surface area contributed by atoms with E-state index in [0.717, 1.165) is 5.56 Å². The van der Waals surface area contributed by atoms with Crippen LogP contribution in [0.5, 0.6) is 0 Å². The van der Waals surface area contributed by atoms with Crippen LogP contribution in [-0.4, -0.2) is 22.4 Å². The molecule has 0 aliphatic carbocycles. The zero-order valence-electron chi connectivity index (χ0n) is 9.67. The Balaban J connectivity index is 2.17. The van der Waals surface area contributed by atoms with E-state index in [1.807, 2.05) is 30.3 Å². The van der Waals surface area contributed by atoms with Gasteiger partial charge in [-0.25, -0.2) is 4.79 Å². The minimum atomic E-state index is -0.332. The van der Waals surface area contributed by atoms with Crippen LogP contribution in [0.2, 0.25) is 0 Å². The standard InChI is InChI=1S/C13H14N2O2/c1-2-17-13(16)12-8-9-14-15(12)10-11-6-4-3-5-7-11/h3-9H,2,10H2,1H3. The molecule has 0 amide bonds. The molecule has 88 valence electrons. The molecular weight excluding hydrogens is 216 g/mol. The first-order valence-corrected chi connectivity index (χ1v) is 5.54. The SMILES string of the molecule is CCOC(=O)c1ccnn1Cc1ccccc1. The van der Waals surface area contributed by atoms with Crippen molar-refractivity contribution in [2.75, 3.05) is 6.61 Å². The number of rotatable bonds is 4. The number of hydrogen-bond donors (Lipinski definition) is 0. The van der Waals surface area contributed by atoms with Gasteiger partial charge in [-0.15, -0.1) is 0 Å². The fraction of sp³-hybridized carbons (Fsp3) is 0.231. The lowest BCUT2D eigenvalue weighted by Crippen LogP contribution is -2.13. The largest absolute Gasteiger partial charge is 0.461 e. The Hall–Kier alpha value is -2.10.